The van der Waals surface area contributed by atoms with Crippen molar-refractivity contribution in [2.24, 2.45) is 11.8 Å². The molecule has 1 unspecified atom stereocenters. The lowest BCUT2D eigenvalue weighted by Gasteiger charge is -2.40. The summed E-state index contributed by atoms with van der Waals surface area (Å²) >= 11 is 0. The standard InChI is InChI=1S/C36H34N6O5/c1-35-18-10-21-40(25-14-6-3-7-15-25)32(44)29(35)30-33(45)42(28(22-43)24-12-4-2-5-13-24)31-34(46)39(20-11-19-36(30,31)47-35)23-41-27-17-9-8-16-26(27)37-38-41/h2-19,28-31,43H,20-23H2,1H3/t28-,29-,30+,31?,35+,36+/m1/s1. The summed E-state index contributed by atoms with van der Waals surface area (Å²) < 4.78 is 8.65. The third kappa shape index (κ3) is 4.37. The van der Waals surface area contributed by atoms with Gasteiger partial charge in [-0.05, 0) is 36.8 Å². The fourth-order valence-corrected chi connectivity index (χ4v) is 8.02. The Morgan fingerprint density at radius 3 is 2.32 bits per heavy atom. The molecule has 4 aliphatic rings. The van der Waals surface area contributed by atoms with Gasteiger partial charge < -0.3 is 24.5 Å². The predicted molar refractivity (Wildman–Crippen MR) is 172 cm³/mol. The molecule has 1 spiro atoms. The fourth-order valence-electron chi connectivity index (χ4n) is 8.02. The summed E-state index contributed by atoms with van der Waals surface area (Å²) in [6, 6.07) is 24.0. The zero-order valence-electron chi connectivity index (χ0n) is 25.8. The minimum Gasteiger partial charge on any atom is -0.394 e. The number of amides is 3. The molecule has 3 amide bonds. The molecule has 5 heterocycles. The first-order valence-corrected chi connectivity index (χ1v) is 15.8. The molecule has 6 atom stereocenters. The Labute approximate surface area is 271 Å². The summed E-state index contributed by atoms with van der Waals surface area (Å²) in [6.45, 7) is 2.02. The van der Waals surface area contributed by atoms with Gasteiger partial charge in [0.05, 0.1) is 35.6 Å². The van der Waals surface area contributed by atoms with Crippen molar-refractivity contribution >= 4 is 34.4 Å². The fraction of sp³-hybridized carbons (Fsp3) is 0.306. The first-order valence-electron chi connectivity index (χ1n) is 15.8. The summed E-state index contributed by atoms with van der Waals surface area (Å²) in [4.78, 5) is 49.3. The van der Waals surface area contributed by atoms with E-state index in [1.165, 1.54) is 4.90 Å². The number of carbonyl (C=O) groups is 3. The van der Waals surface area contributed by atoms with Gasteiger partial charge in [-0.2, -0.15) is 0 Å². The molecular weight excluding hydrogens is 596 g/mol. The van der Waals surface area contributed by atoms with Crippen LogP contribution >= 0.6 is 0 Å². The Kier molecular flexibility index (Phi) is 6.85. The van der Waals surface area contributed by atoms with E-state index in [1.807, 2.05) is 116 Å². The van der Waals surface area contributed by atoms with Gasteiger partial charge in [-0.1, -0.05) is 90.2 Å². The topological polar surface area (TPSA) is 121 Å². The normalized spacial score (nSPS) is 29.1. The smallest absolute Gasteiger partial charge is 0.250 e. The maximum Gasteiger partial charge on any atom is 0.250 e. The maximum atomic E-state index is 15.0. The Hall–Kier alpha value is -5.13. The second kappa shape index (κ2) is 11.0. The molecule has 3 aromatic carbocycles. The van der Waals surface area contributed by atoms with Gasteiger partial charge in [0.1, 0.15) is 23.8 Å². The molecule has 11 nitrogen and oxygen atoms in total. The van der Waals surface area contributed by atoms with Crippen LogP contribution in [0.1, 0.15) is 18.5 Å². The molecule has 0 radical (unpaired) electrons. The second-order valence-corrected chi connectivity index (χ2v) is 12.7. The van der Waals surface area contributed by atoms with Crippen LogP contribution in [0.5, 0.6) is 0 Å². The van der Waals surface area contributed by atoms with Gasteiger partial charge in [0.15, 0.2) is 0 Å². The average molecular weight is 631 g/mol. The van der Waals surface area contributed by atoms with Crippen LogP contribution in [0.25, 0.3) is 11.0 Å². The zero-order chi connectivity index (χ0) is 32.3. The Balaban J connectivity index is 1.26. The van der Waals surface area contributed by atoms with E-state index in [1.54, 1.807) is 14.5 Å². The van der Waals surface area contributed by atoms with Gasteiger partial charge >= 0.3 is 0 Å². The zero-order valence-corrected chi connectivity index (χ0v) is 25.8. The van der Waals surface area contributed by atoms with Gasteiger partial charge in [0.2, 0.25) is 11.8 Å². The van der Waals surface area contributed by atoms with Gasteiger partial charge in [0, 0.05) is 18.8 Å². The molecule has 11 heteroatoms. The van der Waals surface area contributed by atoms with Crippen molar-refractivity contribution in [3.05, 3.63) is 115 Å². The SMILES string of the molecule is C[C@]12C=CCN(c3ccccc3)C(=O)[C@H]1[C@H]1C(=O)N([C@H](CO)c3ccccc3)C3C(=O)N(Cn4nnc5ccccc54)CC=C[C@@]31O2. The summed E-state index contributed by atoms with van der Waals surface area (Å²) in [5, 5.41) is 19.4. The lowest BCUT2D eigenvalue weighted by atomic mass is 9.74. The first kappa shape index (κ1) is 29.3. The van der Waals surface area contributed by atoms with Crippen molar-refractivity contribution < 1.29 is 24.2 Å². The summed E-state index contributed by atoms with van der Waals surface area (Å²) in [6.07, 6.45) is 7.41. The van der Waals surface area contributed by atoms with Crippen molar-refractivity contribution in [3.63, 3.8) is 0 Å². The molecular formula is C36H34N6O5. The highest BCUT2D eigenvalue weighted by atomic mass is 16.5. The molecule has 1 N–H and O–H groups in total. The summed E-state index contributed by atoms with van der Waals surface area (Å²) in [5.74, 6) is -2.98. The Morgan fingerprint density at radius 1 is 0.851 bits per heavy atom. The number of aliphatic hydroxyl groups is 1. The highest BCUT2D eigenvalue weighted by Gasteiger charge is 2.75. The summed E-state index contributed by atoms with van der Waals surface area (Å²) in [7, 11) is 0. The largest absolute Gasteiger partial charge is 0.394 e. The van der Waals surface area contributed by atoms with Crippen molar-refractivity contribution in [2.75, 3.05) is 24.6 Å². The minimum absolute atomic E-state index is 0.0827. The molecule has 0 aliphatic carbocycles. The Morgan fingerprint density at radius 2 is 1.55 bits per heavy atom. The predicted octanol–water partition coefficient (Wildman–Crippen LogP) is 3.09. The number of aliphatic hydroxyl groups excluding tert-OH is 1. The van der Waals surface area contributed by atoms with Crippen LogP contribution in [0.15, 0.2) is 109 Å². The van der Waals surface area contributed by atoms with E-state index in [0.29, 0.717) is 23.3 Å². The van der Waals surface area contributed by atoms with Crippen molar-refractivity contribution in [1.82, 2.24) is 24.8 Å². The molecule has 4 aromatic rings. The van der Waals surface area contributed by atoms with Gasteiger partial charge in [-0.15, -0.1) is 5.10 Å². The monoisotopic (exact) mass is 630 g/mol. The molecule has 2 saturated heterocycles. The third-order valence-electron chi connectivity index (χ3n) is 10.1. The average Bonchev–Trinajstić information content (AvgIpc) is 3.62. The van der Waals surface area contributed by atoms with E-state index in [0.717, 1.165) is 5.52 Å². The minimum atomic E-state index is -1.48. The summed E-state index contributed by atoms with van der Waals surface area (Å²) in [5.41, 5.74) is 0.200. The highest BCUT2D eigenvalue weighted by molar-refractivity contribution is 6.04. The number of ether oxygens (including phenoxy) is 1. The van der Waals surface area contributed by atoms with Crippen LogP contribution < -0.4 is 4.90 Å². The number of hydrogen-bond acceptors (Lipinski definition) is 7. The van der Waals surface area contributed by atoms with Gasteiger partial charge in [-0.3, -0.25) is 14.4 Å². The van der Waals surface area contributed by atoms with E-state index in [-0.39, 0.29) is 25.0 Å². The molecule has 2 fully saturated rings. The quantitative estimate of drug-likeness (QED) is 0.325. The maximum absolute atomic E-state index is 15.0. The molecule has 4 aliphatic heterocycles. The second-order valence-electron chi connectivity index (χ2n) is 12.7. The van der Waals surface area contributed by atoms with Crippen LogP contribution in [0.4, 0.5) is 5.69 Å². The number of rotatable bonds is 6. The van der Waals surface area contributed by atoms with E-state index in [2.05, 4.69) is 10.3 Å². The van der Waals surface area contributed by atoms with E-state index < -0.39 is 47.6 Å². The van der Waals surface area contributed by atoms with Crippen LogP contribution in [-0.4, -0.2) is 84.6 Å². The van der Waals surface area contributed by atoms with Gasteiger partial charge in [0.25, 0.3) is 5.91 Å². The van der Waals surface area contributed by atoms with Gasteiger partial charge in [-0.25, -0.2) is 4.68 Å². The lowest BCUT2D eigenvalue weighted by Crippen LogP contribution is -2.57. The van der Waals surface area contributed by atoms with Crippen LogP contribution in [-0.2, 0) is 25.8 Å². The van der Waals surface area contributed by atoms with Crippen molar-refractivity contribution in [2.45, 2.75) is 36.9 Å². The molecule has 0 saturated carbocycles. The molecule has 8 rings (SSSR count). The number of fused-ring (bicyclic) bond motifs is 3. The number of anilines is 1. The number of benzene rings is 3. The lowest BCUT2D eigenvalue weighted by molar-refractivity contribution is -0.155. The Bertz CT molecular complexity index is 1930. The third-order valence-corrected chi connectivity index (χ3v) is 10.1. The number of nitrogens with zero attached hydrogens (tertiary/aromatic N) is 6. The number of aromatic nitrogens is 3. The number of hydrogen-bond donors (Lipinski definition) is 1. The van der Waals surface area contributed by atoms with Crippen molar-refractivity contribution in [1.29, 1.82) is 0 Å². The number of carbonyl (C=O) groups excluding carboxylic acids is 3. The van der Waals surface area contributed by atoms with E-state index in [9.17, 15) is 19.5 Å². The molecule has 238 valence electrons. The van der Waals surface area contributed by atoms with Crippen LogP contribution in [0.2, 0.25) is 0 Å². The number of para-hydroxylation sites is 2. The van der Waals surface area contributed by atoms with E-state index in [4.69, 9.17) is 4.74 Å². The number of likely N-dealkylation sites (tertiary alicyclic amines) is 1. The molecule has 47 heavy (non-hydrogen) atoms. The van der Waals surface area contributed by atoms with E-state index >= 15 is 0 Å². The highest BCUT2D eigenvalue weighted by Crippen LogP contribution is 2.59. The van der Waals surface area contributed by atoms with Crippen molar-refractivity contribution in [3.8, 4) is 0 Å². The van der Waals surface area contributed by atoms with Crippen LogP contribution in [0.3, 0.4) is 0 Å². The molecule has 1 aromatic heterocycles. The first-order chi connectivity index (χ1) is 22.9. The van der Waals surface area contributed by atoms with Crippen LogP contribution in [0, 0.1) is 11.8 Å². The molecule has 0 bridgehead atoms.